The van der Waals surface area contributed by atoms with Gasteiger partial charge in [-0.15, -0.1) is 0 Å². The molecule has 0 bridgehead atoms. The summed E-state index contributed by atoms with van der Waals surface area (Å²) in [6.07, 6.45) is -1.01. The van der Waals surface area contributed by atoms with Crippen molar-refractivity contribution >= 4 is 65.0 Å². The molecule has 0 saturated carbocycles. The molecule has 0 spiro atoms. The number of pyridine rings is 1. The molecule has 72 heavy (non-hydrogen) atoms. The molecule has 6 atom stereocenters. The molecule has 24 nitrogen and oxygen atoms in total. The lowest BCUT2D eigenvalue weighted by Crippen LogP contribution is -2.61. The van der Waals surface area contributed by atoms with E-state index in [1.54, 1.807) is 47.6 Å². The van der Waals surface area contributed by atoms with E-state index in [2.05, 4.69) is 31.6 Å². The molecule has 2 aliphatic rings. The zero-order valence-corrected chi connectivity index (χ0v) is 39.1. The number of aliphatic carboxylic acids is 2. The van der Waals surface area contributed by atoms with Gasteiger partial charge in [0, 0.05) is 75.3 Å². The Hall–Kier alpha value is -7.51. The fourth-order valence-electron chi connectivity index (χ4n) is 7.61. The Bertz CT molecular complexity index is 2400. The molecule has 24 heteroatoms. The molecule has 388 valence electrons. The number of likely N-dealkylation sites (tertiary alicyclic amines) is 1. The number of ether oxygens (including phenoxy) is 3. The molecule has 0 aliphatic carbocycles. The number of nitrogens with one attached hydrogen (secondary N) is 5. The Balaban J connectivity index is 1.12. The molecule has 1 aromatic heterocycles. The van der Waals surface area contributed by atoms with E-state index < -0.39 is 85.3 Å². The van der Waals surface area contributed by atoms with Gasteiger partial charge in [0.25, 0.3) is 5.91 Å². The third-order valence-corrected chi connectivity index (χ3v) is 11.6. The zero-order chi connectivity index (χ0) is 52.2. The summed E-state index contributed by atoms with van der Waals surface area (Å²) in [4.78, 5) is 105. The minimum atomic E-state index is -2.01. The van der Waals surface area contributed by atoms with E-state index in [1.807, 2.05) is 6.07 Å². The highest BCUT2D eigenvalue weighted by molar-refractivity contribution is 5.97. The second-order valence-corrected chi connectivity index (χ2v) is 16.9. The highest BCUT2D eigenvalue weighted by atomic mass is 16.7. The van der Waals surface area contributed by atoms with Crippen molar-refractivity contribution in [3.63, 3.8) is 0 Å². The predicted molar refractivity (Wildman–Crippen MR) is 255 cm³/mol. The highest BCUT2D eigenvalue weighted by Gasteiger charge is 2.48. The molecule has 12 N–H and O–H groups in total. The monoisotopic (exact) mass is 1000 g/mol. The number of nitrogens with zero attached hydrogens (tertiary/aromatic N) is 2. The summed E-state index contributed by atoms with van der Waals surface area (Å²) in [5, 5.41) is 62.1. The number of carbonyl (C=O) groups is 8. The van der Waals surface area contributed by atoms with Crippen molar-refractivity contribution in [3.8, 4) is 5.75 Å². The number of rotatable bonds is 24. The minimum Gasteiger partial charge on any atom is -0.481 e. The van der Waals surface area contributed by atoms with Crippen LogP contribution in [0.1, 0.15) is 72.9 Å². The van der Waals surface area contributed by atoms with Crippen molar-refractivity contribution < 1.29 is 78.1 Å². The average Bonchev–Trinajstić information content (AvgIpc) is 3.36. The first-order valence-corrected chi connectivity index (χ1v) is 23.2. The number of nitrogens with two attached hydrogens (primary N) is 1. The van der Waals surface area contributed by atoms with Gasteiger partial charge < -0.3 is 71.6 Å². The van der Waals surface area contributed by atoms with Crippen molar-refractivity contribution in [1.29, 1.82) is 0 Å². The van der Waals surface area contributed by atoms with Gasteiger partial charge in [0.1, 0.15) is 36.7 Å². The molecule has 2 aliphatic heterocycles. The van der Waals surface area contributed by atoms with Gasteiger partial charge in [0.05, 0.1) is 12.1 Å². The number of aliphatic hydroxyl groups is 3. The van der Waals surface area contributed by atoms with E-state index in [1.165, 1.54) is 30.3 Å². The number of aromatic nitrogens is 1. The van der Waals surface area contributed by atoms with Crippen molar-refractivity contribution in [2.45, 2.75) is 94.7 Å². The quantitative estimate of drug-likeness (QED) is 0.0435. The number of aliphatic hydroxyl groups excluding tert-OH is 3. The Labute approximate surface area is 413 Å². The average molecular weight is 1010 g/mol. The third-order valence-electron chi connectivity index (χ3n) is 11.6. The van der Waals surface area contributed by atoms with Crippen LogP contribution in [0.25, 0.3) is 6.08 Å². The van der Waals surface area contributed by atoms with Gasteiger partial charge >= 0.3 is 18.0 Å². The van der Waals surface area contributed by atoms with Crippen LogP contribution in [-0.4, -0.2) is 152 Å². The number of hydrogen-bond acceptors (Lipinski definition) is 16. The maximum absolute atomic E-state index is 13.5. The number of hydrogen-bond donors (Lipinski definition) is 11. The van der Waals surface area contributed by atoms with Crippen molar-refractivity contribution in [1.82, 2.24) is 25.8 Å². The van der Waals surface area contributed by atoms with Crippen molar-refractivity contribution in [2.24, 2.45) is 11.7 Å². The summed E-state index contributed by atoms with van der Waals surface area (Å²) < 4.78 is 16.4. The number of amides is 6. The molecule has 3 aromatic rings. The highest BCUT2D eigenvalue weighted by Crippen LogP contribution is 2.32. The number of anilines is 2. The number of carboxylic acids is 2. The van der Waals surface area contributed by atoms with Gasteiger partial charge in [0.15, 0.2) is 6.10 Å². The van der Waals surface area contributed by atoms with Gasteiger partial charge in [-0.2, -0.15) is 0 Å². The van der Waals surface area contributed by atoms with Crippen LogP contribution in [0, 0.1) is 5.92 Å². The van der Waals surface area contributed by atoms with E-state index in [9.17, 15) is 58.8 Å². The van der Waals surface area contributed by atoms with E-state index in [4.69, 9.17) is 25.1 Å². The van der Waals surface area contributed by atoms with Crippen LogP contribution in [0.5, 0.6) is 5.75 Å². The summed E-state index contributed by atoms with van der Waals surface area (Å²) in [5.74, 6) is -5.21. The van der Waals surface area contributed by atoms with Crippen LogP contribution in [0.15, 0.2) is 73.1 Å². The van der Waals surface area contributed by atoms with E-state index in [0.717, 1.165) is 37.7 Å². The summed E-state index contributed by atoms with van der Waals surface area (Å²) >= 11 is 0. The van der Waals surface area contributed by atoms with Gasteiger partial charge in [-0.25, -0.2) is 9.59 Å². The molecular weight excluding hydrogens is 945 g/mol. The first-order chi connectivity index (χ1) is 34.5. The number of benzene rings is 2. The molecule has 2 saturated heterocycles. The Morgan fingerprint density at radius 1 is 0.847 bits per heavy atom. The lowest BCUT2D eigenvalue weighted by atomic mass is 9.91. The number of carbonyl (C=O) groups excluding carboxylic acids is 6. The van der Waals surface area contributed by atoms with Crippen LogP contribution >= 0.6 is 0 Å². The molecular formula is C48H60N8O16. The fourth-order valence-corrected chi connectivity index (χ4v) is 7.61. The Morgan fingerprint density at radius 2 is 1.62 bits per heavy atom. The van der Waals surface area contributed by atoms with E-state index >= 15 is 0 Å². The zero-order valence-electron chi connectivity index (χ0n) is 39.1. The Morgan fingerprint density at radius 3 is 2.33 bits per heavy atom. The molecule has 3 heterocycles. The molecule has 6 amide bonds. The smallest absolute Gasteiger partial charge is 0.411 e. The molecule has 0 radical (unpaired) electrons. The summed E-state index contributed by atoms with van der Waals surface area (Å²) in [5.41, 5.74) is 7.23. The largest absolute Gasteiger partial charge is 0.481 e. The lowest BCUT2D eigenvalue weighted by molar-refractivity contribution is -0.271. The summed E-state index contributed by atoms with van der Waals surface area (Å²) in [6.45, 7) is 0.710. The molecule has 5 rings (SSSR count). The second-order valence-electron chi connectivity index (χ2n) is 16.9. The maximum Gasteiger partial charge on any atom is 0.411 e. The molecule has 2 aromatic carbocycles. The number of piperidine rings is 1. The van der Waals surface area contributed by atoms with Gasteiger partial charge in [-0.1, -0.05) is 31.0 Å². The van der Waals surface area contributed by atoms with Crippen LogP contribution in [0.4, 0.5) is 16.2 Å². The SMILES string of the molecule is NCC(NC(=O)CCC(=O)O)C(=O)NCCC(=O)Nc1cc(COC(=O)Nc2cccc(C(=O)N3CCC(CCCCNC(=O)/C=C/c4cccnc4)CC3)c2)ccc1OC1OC(C(=O)O)C(O)C(O)C1O. The van der Waals surface area contributed by atoms with Crippen LogP contribution < -0.4 is 37.1 Å². The summed E-state index contributed by atoms with van der Waals surface area (Å²) in [7, 11) is 0. The van der Waals surface area contributed by atoms with Crippen molar-refractivity contribution in [3.05, 3.63) is 89.8 Å². The fraction of sp³-hybridized carbons (Fsp3) is 0.438. The molecule has 2 fully saturated rings. The predicted octanol–water partition coefficient (Wildman–Crippen LogP) is 0.707. The minimum absolute atomic E-state index is 0.121. The van der Waals surface area contributed by atoms with Crippen LogP contribution in [-0.2, 0) is 44.8 Å². The number of unbranched alkanes of at least 4 members (excludes halogenated alkanes) is 1. The first-order valence-electron chi connectivity index (χ1n) is 23.2. The van der Waals surface area contributed by atoms with Gasteiger partial charge in [0.2, 0.25) is 29.9 Å². The second kappa shape index (κ2) is 27.8. The van der Waals surface area contributed by atoms with Gasteiger partial charge in [-0.05, 0) is 78.8 Å². The Kier molecular flexibility index (Phi) is 21.4. The van der Waals surface area contributed by atoms with Crippen LogP contribution in [0.2, 0.25) is 0 Å². The lowest BCUT2D eigenvalue weighted by Gasteiger charge is -2.38. The normalized spacial score (nSPS) is 19.3. The van der Waals surface area contributed by atoms with Crippen molar-refractivity contribution in [2.75, 3.05) is 43.4 Å². The topological polar surface area (TPSA) is 368 Å². The van der Waals surface area contributed by atoms with Crippen LogP contribution in [0.3, 0.4) is 0 Å². The summed E-state index contributed by atoms with van der Waals surface area (Å²) in [6, 6.07) is 12.8. The maximum atomic E-state index is 13.5. The third kappa shape index (κ3) is 17.4. The number of carboxylic acid groups (broad SMARTS) is 2. The first kappa shape index (κ1) is 55.4. The standard InChI is InChI=1S/C48H60N8O16/c49-25-34(55-37(58)13-14-39(60)61)44(65)52-20-15-38(59)54-33-23-30(9-11-35(33)71-47-42(64)40(62)41(63)43(72-47)46(67)68)27-70-48(69)53-32-8-3-7-31(24-32)45(66)56-21-16-28(17-22-56)5-1-2-19-51-36(57)12-10-29-6-4-18-50-26-29/h3-4,6-12,18,23-24,26,28,34,40-43,47,62-64H,1-2,5,13-17,19-22,25,27,49H2,(H,51,57)(H,52,65)(H,53,69)(H,54,59)(H,55,58)(H,60,61)(H,67,68)/b12-10+. The van der Waals surface area contributed by atoms with E-state index in [0.29, 0.717) is 31.1 Å². The molecule has 6 unspecified atom stereocenters. The van der Waals surface area contributed by atoms with Gasteiger partial charge in [-0.3, -0.25) is 39.1 Å². The van der Waals surface area contributed by atoms with E-state index in [-0.39, 0.29) is 60.6 Å².